The second-order valence-corrected chi connectivity index (χ2v) is 5.43. The number of aliphatic hydroxyl groups is 1. The molecule has 2 nitrogen and oxygen atoms in total. The van der Waals surface area contributed by atoms with E-state index in [1.165, 1.54) is 6.07 Å². The molecule has 1 aliphatic carbocycles. The minimum Gasteiger partial charge on any atom is -0.392 e. The fourth-order valence-electron chi connectivity index (χ4n) is 2.50. The molecule has 4 heteroatoms. The molecule has 1 aliphatic rings. The third-order valence-electron chi connectivity index (χ3n) is 3.64. The largest absolute Gasteiger partial charge is 0.392 e. The summed E-state index contributed by atoms with van der Waals surface area (Å²) in [6.07, 6.45) is 3.75. The topological polar surface area (TPSA) is 32.3 Å². The van der Waals surface area contributed by atoms with E-state index in [9.17, 15) is 9.50 Å². The van der Waals surface area contributed by atoms with Gasteiger partial charge in [-0.1, -0.05) is 30.5 Å². The fourth-order valence-corrected chi connectivity index (χ4v) is 2.62. The van der Waals surface area contributed by atoms with E-state index in [2.05, 4.69) is 5.32 Å². The van der Waals surface area contributed by atoms with Crippen LogP contribution in [0.15, 0.2) is 18.2 Å². The van der Waals surface area contributed by atoms with E-state index < -0.39 is 5.82 Å². The maximum Gasteiger partial charge on any atom is 0.142 e. The molecule has 0 bridgehead atoms. The molecule has 2 rings (SSSR count). The van der Waals surface area contributed by atoms with Crippen LogP contribution in [0.3, 0.4) is 0 Å². The zero-order chi connectivity index (χ0) is 13.1. The first-order valence-corrected chi connectivity index (χ1v) is 6.85. The second-order valence-electron chi connectivity index (χ2n) is 5.02. The molecule has 3 unspecified atom stereocenters. The van der Waals surface area contributed by atoms with Crippen LogP contribution >= 0.6 is 11.6 Å². The summed E-state index contributed by atoms with van der Waals surface area (Å²) in [5, 5.41) is 13.4. The minimum absolute atomic E-state index is 0.00881. The standard InChI is InChI=1S/C14H19ClFNO/c1-9(10-6-7-11(15)12(16)8-10)17-13-4-2-3-5-14(13)18/h6-9,13-14,17-18H,2-5H2,1H3. The fraction of sp³-hybridized carbons (Fsp3) is 0.571. The van der Waals surface area contributed by atoms with Gasteiger partial charge in [0.1, 0.15) is 5.82 Å². The van der Waals surface area contributed by atoms with Crippen molar-refractivity contribution in [3.63, 3.8) is 0 Å². The Balaban J connectivity index is 2.02. The Kier molecular flexibility index (Phi) is 4.60. The van der Waals surface area contributed by atoms with Crippen LogP contribution in [0.1, 0.15) is 44.2 Å². The Morgan fingerprint density at radius 1 is 1.39 bits per heavy atom. The lowest BCUT2D eigenvalue weighted by molar-refractivity contribution is 0.0859. The highest BCUT2D eigenvalue weighted by Crippen LogP contribution is 2.24. The average molecular weight is 272 g/mol. The van der Waals surface area contributed by atoms with E-state index in [1.807, 2.05) is 13.0 Å². The molecule has 0 heterocycles. The summed E-state index contributed by atoms with van der Waals surface area (Å²) in [6, 6.07) is 4.96. The predicted octanol–water partition coefficient (Wildman–Crippen LogP) is 3.43. The summed E-state index contributed by atoms with van der Waals surface area (Å²) >= 11 is 5.66. The van der Waals surface area contributed by atoms with Gasteiger partial charge in [0, 0.05) is 12.1 Å². The van der Waals surface area contributed by atoms with Crippen molar-refractivity contribution in [3.8, 4) is 0 Å². The molecule has 1 aromatic rings. The van der Waals surface area contributed by atoms with E-state index in [0.717, 1.165) is 31.2 Å². The van der Waals surface area contributed by atoms with Gasteiger partial charge in [-0.05, 0) is 37.5 Å². The van der Waals surface area contributed by atoms with E-state index in [-0.39, 0.29) is 23.2 Å². The van der Waals surface area contributed by atoms with Gasteiger partial charge in [-0.15, -0.1) is 0 Å². The van der Waals surface area contributed by atoms with Crippen molar-refractivity contribution in [3.05, 3.63) is 34.6 Å². The van der Waals surface area contributed by atoms with Crippen LogP contribution in [-0.2, 0) is 0 Å². The quantitative estimate of drug-likeness (QED) is 0.883. The summed E-state index contributed by atoms with van der Waals surface area (Å²) in [4.78, 5) is 0. The van der Waals surface area contributed by atoms with Crippen molar-refractivity contribution in [2.75, 3.05) is 0 Å². The summed E-state index contributed by atoms with van der Waals surface area (Å²) in [5.74, 6) is -0.396. The van der Waals surface area contributed by atoms with Gasteiger partial charge < -0.3 is 10.4 Å². The Hall–Kier alpha value is -0.640. The molecule has 2 N–H and O–H groups in total. The molecule has 100 valence electrons. The van der Waals surface area contributed by atoms with E-state index in [0.29, 0.717) is 0 Å². The van der Waals surface area contributed by atoms with E-state index in [4.69, 9.17) is 11.6 Å². The van der Waals surface area contributed by atoms with Gasteiger partial charge >= 0.3 is 0 Å². The first-order valence-electron chi connectivity index (χ1n) is 6.47. The van der Waals surface area contributed by atoms with Gasteiger partial charge in [-0.25, -0.2) is 4.39 Å². The molecule has 0 spiro atoms. The zero-order valence-electron chi connectivity index (χ0n) is 10.5. The highest BCUT2D eigenvalue weighted by Gasteiger charge is 2.24. The molecule has 0 aromatic heterocycles. The highest BCUT2D eigenvalue weighted by molar-refractivity contribution is 6.30. The number of halogens is 2. The van der Waals surface area contributed by atoms with Crippen LogP contribution in [0.4, 0.5) is 4.39 Å². The maximum absolute atomic E-state index is 13.4. The van der Waals surface area contributed by atoms with Gasteiger partial charge in [0.25, 0.3) is 0 Å². The first-order chi connectivity index (χ1) is 8.58. The van der Waals surface area contributed by atoms with Gasteiger partial charge in [-0.2, -0.15) is 0 Å². The molecule has 1 fully saturated rings. The predicted molar refractivity (Wildman–Crippen MR) is 71.2 cm³/mol. The average Bonchev–Trinajstić information content (AvgIpc) is 2.35. The molecule has 0 amide bonds. The van der Waals surface area contributed by atoms with Crippen LogP contribution in [0, 0.1) is 5.82 Å². The van der Waals surface area contributed by atoms with Crippen LogP contribution < -0.4 is 5.32 Å². The van der Waals surface area contributed by atoms with Crippen molar-refractivity contribution < 1.29 is 9.50 Å². The molecular formula is C14H19ClFNO. The summed E-state index contributed by atoms with van der Waals surface area (Å²) < 4.78 is 13.4. The van der Waals surface area contributed by atoms with E-state index in [1.54, 1.807) is 6.07 Å². The Labute approximate surface area is 112 Å². The SMILES string of the molecule is CC(NC1CCCCC1O)c1ccc(Cl)c(F)c1. The molecule has 3 atom stereocenters. The molecule has 0 aliphatic heterocycles. The number of nitrogens with one attached hydrogen (secondary N) is 1. The Morgan fingerprint density at radius 3 is 2.78 bits per heavy atom. The molecular weight excluding hydrogens is 253 g/mol. The molecule has 1 aromatic carbocycles. The number of hydrogen-bond donors (Lipinski definition) is 2. The van der Waals surface area contributed by atoms with Gasteiger partial charge in [0.15, 0.2) is 0 Å². The first kappa shape index (κ1) is 13.8. The summed E-state index contributed by atoms with van der Waals surface area (Å²) in [5.41, 5.74) is 0.856. The number of aliphatic hydroxyl groups excluding tert-OH is 1. The van der Waals surface area contributed by atoms with Crippen LogP contribution in [0.2, 0.25) is 5.02 Å². The summed E-state index contributed by atoms with van der Waals surface area (Å²) in [6.45, 7) is 1.98. The van der Waals surface area contributed by atoms with Crippen molar-refractivity contribution in [1.82, 2.24) is 5.32 Å². The molecule has 0 radical (unpaired) electrons. The number of hydrogen-bond acceptors (Lipinski definition) is 2. The van der Waals surface area contributed by atoms with Crippen molar-refractivity contribution in [2.24, 2.45) is 0 Å². The van der Waals surface area contributed by atoms with Gasteiger partial charge in [-0.3, -0.25) is 0 Å². The van der Waals surface area contributed by atoms with Crippen LogP contribution in [0.25, 0.3) is 0 Å². The third kappa shape index (κ3) is 3.22. The highest BCUT2D eigenvalue weighted by atomic mass is 35.5. The third-order valence-corrected chi connectivity index (χ3v) is 3.94. The number of benzene rings is 1. The Morgan fingerprint density at radius 2 is 2.11 bits per heavy atom. The van der Waals surface area contributed by atoms with Crippen LogP contribution in [0.5, 0.6) is 0 Å². The normalized spacial score (nSPS) is 26.0. The lowest BCUT2D eigenvalue weighted by atomic mass is 9.91. The van der Waals surface area contributed by atoms with Crippen molar-refractivity contribution >= 4 is 11.6 Å². The lowest BCUT2D eigenvalue weighted by Crippen LogP contribution is -2.43. The molecule has 18 heavy (non-hydrogen) atoms. The van der Waals surface area contributed by atoms with Gasteiger partial charge in [0.05, 0.1) is 11.1 Å². The second kappa shape index (κ2) is 6.00. The van der Waals surface area contributed by atoms with Crippen LogP contribution in [-0.4, -0.2) is 17.3 Å². The van der Waals surface area contributed by atoms with Crippen molar-refractivity contribution in [2.45, 2.75) is 50.8 Å². The van der Waals surface area contributed by atoms with Gasteiger partial charge in [0.2, 0.25) is 0 Å². The maximum atomic E-state index is 13.4. The smallest absolute Gasteiger partial charge is 0.142 e. The van der Waals surface area contributed by atoms with E-state index >= 15 is 0 Å². The minimum atomic E-state index is -0.396. The van der Waals surface area contributed by atoms with Crippen molar-refractivity contribution in [1.29, 1.82) is 0 Å². The molecule has 0 saturated heterocycles. The monoisotopic (exact) mass is 271 g/mol. The lowest BCUT2D eigenvalue weighted by Gasteiger charge is -2.31. The molecule has 1 saturated carbocycles. The summed E-state index contributed by atoms with van der Waals surface area (Å²) in [7, 11) is 0. The Bertz CT molecular complexity index is 413. The number of rotatable bonds is 3. The zero-order valence-corrected chi connectivity index (χ0v) is 11.3.